The molecule has 1 heterocycles. The van der Waals surface area contributed by atoms with Crippen LogP contribution in [0.2, 0.25) is 0 Å². The molecule has 21 heavy (non-hydrogen) atoms. The highest BCUT2D eigenvalue weighted by atomic mass is 32.2. The van der Waals surface area contributed by atoms with E-state index in [0.717, 1.165) is 12.0 Å². The molecule has 0 aromatic heterocycles. The van der Waals surface area contributed by atoms with Crippen LogP contribution in [0.4, 0.5) is 0 Å². The van der Waals surface area contributed by atoms with Gasteiger partial charge in [-0.25, -0.2) is 8.42 Å². The van der Waals surface area contributed by atoms with Crippen LogP contribution in [0.3, 0.4) is 0 Å². The summed E-state index contributed by atoms with van der Waals surface area (Å²) >= 11 is 0. The maximum atomic E-state index is 12.9. The van der Waals surface area contributed by atoms with Crippen LogP contribution < -0.4 is 4.74 Å². The van der Waals surface area contributed by atoms with Gasteiger partial charge < -0.3 is 9.64 Å². The van der Waals surface area contributed by atoms with Crippen LogP contribution in [-0.4, -0.2) is 57.5 Å². The summed E-state index contributed by atoms with van der Waals surface area (Å²) in [5.74, 6) is 0.673. The highest BCUT2D eigenvalue weighted by molar-refractivity contribution is 7.89. The molecular formula is C15H24N2O3S. The Bertz CT molecular complexity index is 613. The molecule has 1 fully saturated rings. The second-order valence-corrected chi connectivity index (χ2v) is 7.67. The van der Waals surface area contributed by atoms with E-state index >= 15 is 0 Å². The molecule has 0 aliphatic carbocycles. The Morgan fingerprint density at radius 2 is 2.00 bits per heavy atom. The number of aryl methyl sites for hydroxylation is 1. The van der Waals surface area contributed by atoms with Gasteiger partial charge in [0.05, 0.1) is 12.0 Å². The first-order chi connectivity index (χ1) is 9.78. The van der Waals surface area contributed by atoms with E-state index in [4.69, 9.17) is 4.74 Å². The van der Waals surface area contributed by atoms with Crippen molar-refractivity contribution in [3.05, 3.63) is 23.8 Å². The molecule has 0 spiro atoms. The van der Waals surface area contributed by atoms with Crippen LogP contribution in [0.25, 0.3) is 0 Å². The Labute approximate surface area is 127 Å². The van der Waals surface area contributed by atoms with Crippen molar-refractivity contribution in [1.29, 1.82) is 0 Å². The van der Waals surface area contributed by atoms with Gasteiger partial charge in [0.2, 0.25) is 10.0 Å². The van der Waals surface area contributed by atoms with Crippen LogP contribution in [0.15, 0.2) is 23.1 Å². The smallest absolute Gasteiger partial charge is 0.243 e. The van der Waals surface area contributed by atoms with Gasteiger partial charge in [0, 0.05) is 18.6 Å². The second kappa shape index (κ2) is 5.94. The monoisotopic (exact) mass is 312 g/mol. The van der Waals surface area contributed by atoms with Crippen molar-refractivity contribution in [3.63, 3.8) is 0 Å². The summed E-state index contributed by atoms with van der Waals surface area (Å²) in [6, 6.07) is 5.34. The molecule has 1 aromatic carbocycles. The molecule has 6 heteroatoms. The van der Waals surface area contributed by atoms with E-state index in [1.54, 1.807) is 36.5 Å². The highest BCUT2D eigenvalue weighted by Gasteiger charge is 2.40. The molecule has 118 valence electrons. The Morgan fingerprint density at radius 3 is 2.48 bits per heavy atom. The molecule has 0 bridgehead atoms. The molecule has 2 rings (SSSR count). The number of methoxy groups -OCH3 is 1. The number of sulfonamides is 1. The summed E-state index contributed by atoms with van der Waals surface area (Å²) < 4.78 is 32.6. The van der Waals surface area contributed by atoms with E-state index in [1.807, 2.05) is 21.0 Å². The van der Waals surface area contributed by atoms with Crippen molar-refractivity contribution in [2.24, 2.45) is 0 Å². The minimum absolute atomic E-state index is 0.0218. The van der Waals surface area contributed by atoms with E-state index in [-0.39, 0.29) is 12.1 Å². The minimum Gasteiger partial charge on any atom is -0.497 e. The van der Waals surface area contributed by atoms with Crippen molar-refractivity contribution in [3.8, 4) is 5.75 Å². The Balaban J connectivity index is 2.35. The van der Waals surface area contributed by atoms with Gasteiger partial charge in [-0.05, 0) is 58.1 Å². The van der Waals surface area contributed by atoms with Gasteiger partial charge in [-0.3, -0.25) is 0 Å². The average molecular weight is 312 g/mol. The van der Waals surface area contributed by atoms with E-state index < -0.39 is 10.0 Å². The van der Waals surface area contributed by atoms with Crippen LogP contribution in [0, 0.1) is 6.92 Å². The van der Waals surface area contributed by atoms with Crippen LogP contribution in [-0.2, 0) is 10.0 Å². The zero-order valence-electron chi connectivity index (χ0n) is 13.3. The standard InChI is InChI=1S/C15H24N2O3S/c1-11-10-13(20-5)6-7-15(11)21(18,19)17-9-8-14(12(17)2)16(3)4/h6-7,10,12,14H,8-9H2,1-5H3/t12-,14-/m1/s1. The van der Waals surface area contributed by atoms with Crippen LogP contribution in [0.1, 0.15) is 18.9 Å². The molecule has 0 amide bonds. The largest absolute Gasteiger partial charge is 0.497 e. The summed E-state index contributed by atoms with van der Waals surface area (Å²) in [5, 5.41) is 0. The lowest BCUT2D eigenvalue weighted by molar-refractivity contribution is 0.250. The second-order valence-electron chi connectivity index (χ2n) is 5.81. The van der Waals surface area contributed by atoms with Gasteiger partial charge in [-0.2, -0.15) is 4.31 Å². The first kappa shape index (κ1) is 16.3. The predicted octanol–water partition coefficient (Wildman–Crippen LogP) is 1.72. The summed E-state index contributed by atoms with van der Waals surface area (Å²) in [6.45, 7) is 4.35. The summed E-state index contributed by atoms with van der Waals surface area (Å²) in [4.78, 5) is 2.47. The number of hydrogen-bond donors (Lipinski definition) is 0. The first-order valence-corrected chi connectivity index (χ1v) is 8.56. The molecule has 0 saturated carbocycles. The molecule has 1 aliphatic heterocycles. The lowest BCUT2D eigenvalue weighted by atomic mass is 10.1. The molecule has 1 aromatic rings. The van der Waals surface area contributed by atoms with E-state index in [1.165, 1.54) is 0 Å². The molecule has 0 N–H and O–H groups in total. The van der Waals surface area contributed by atoms with Gasteiger partial charge >= 0.3 is 0 Å². The zero-order chi connectivity index (χ0) is 15.8. The van der Waals surface area contributed by atoms with Gasteiger partial charge in [0.15, 0.2) is 0 Å². The van der Waals surface area contributed by atoms with Crippen molar-refractivity contribution < 1.29 is 13.2 Å². The summed E-state index contributed by atoms with van der Waals surface area (Å²) in [6.07, 6.45) is 0.864. The minimum atomic E-state index is -3.46. The molecular weight excluding hydrogens is 288 g/mol. The lowest BCUT2D eigenvalue weighted by Crippen LogP contribution is -2.42. The summed E-state index contributed by atoms with van der Waals surface area (Å²) in [5.41, 5.74) is 0.717. The first-order valence-electron chi connectivity index (χ1n) is 7.12. The average Bonchev–Trinajstić information content (AvgIpc) is 2.80. The maximum absolute atomic E-state index is 12.9. The van der Waals surface area contributed by atoms with Crippen molar-refractivity contribution >= 4 is 10.0 Å². The van der Waals surface area contributed by atoms with Gasteiger partial charge in [0.25, 0.3) is 0 Å². The Hall–Kier alpha value is -1.11. The predicted molar refractivity (Wildman–Crippen MR) is 83.2 cm³/mol. The maximum Gasteiger partial charge on any atom is 0.243 e. The van der Waals surface area contributed by atoms with Crippen LogP contribution >= 0.6 is 0 Å². The topological polar surface area (TPSA) is 49.9 Å². The van der Waals surface area contributed by atoms with Gasteiger partial charge in [-0.1, -0.05) is 0 Å². The van der Waals surface area contributed by atoms with E-state index in [9.17, 15) is 8.42 Å². The third-order valence-corrected chi connectivity index (χ3v) is 6.43. The normalized spacial score (nSPS) is 23.7. The molecule has 5 nitrogen and oxygen atoms in total. The fourth-order valence-corrected chi connectivity index (χ4v) is 4.97. The molecule has 0 radical (unpaired) electrons. The lowest BCUT2D eigenvalue weighted by Gasteiger charge is -2.28. The number of likely N-dealkylation sites (N-methyl/N-ethyl adjacent to an activating group) is 1. The number of ether oxygens (including phenoxy) is 1. The molecule has 1 saturated heterocycles. The third kappa shape index (κ3) is 2.93. The molecule has 1 aliphatic rings. The number of hydrogen-bond acceptors (Lipinski definition) is 4. The van der Waals surface area contributed by atoms with Gasteiger partial charge in [-0.15, -0.1) is 0 Å². The van der Waals surface area contributed by atoms with Crippen molar-refractivity contribution in [1.82, 2.24) is 9.21 Å². The molecule has 0 unspecified atom stereocenters. The number of benzene rings is 1. The highest BCUT2D eigenvalue weighted by Crippen LogP contribution is 2.30. The fourth-order valence-electron chi connectivity index (χ4n) is 3.09. The number of nitrogens with zero attached hydrogens (tertiary/aromatic N) is 2. The zero-order valence-corrected chi connectivity index (χ0v) is 14.1. The van der Waals surface area contributed by atoms with Crippen LogP contribution in [0.5, 0.6) is 5.75 Å². The molecule has 2 atom stereocenters. The van der Waals surface area contributed by atoms with Crippen molar-refractivity contribution in [2.45, 2.75) is 37.2 Å². The fraction of sp³-hybridized carbons (Fsp3) is 0.600. The number of rotatable bonds is 4. The Morgan fingerprint density at radius 1 is 1.33 bits per heavy atom. The SMILES string of the molecule is COc1ccc(S(=O)(=O)N2CC[C@@H](N(C)C)[C@H]2C)c(C)c1. The van der Waals surface area contributed by atoms with E-state index in [0.29, 0.717) is 17.2 Å². The Kier molecular flexibility index (Phi) is 4.60. The van der Waals surface area contributed by atoms with Crippen molar-refractivity contribution in [2.75, 3.05) is 27.7 Å². The van der Waals surface area contributed by atoms with Gasteiger partial charge in [0.1, 0.15) is 5.75 Å². The third-order valence-electron chi connectivity index (χ3n) is 4.29. The summed E-state index contributed by atoms with van der Waals surface area (Å²) in [7, 11) is 2.11. The quantitative estimate of drug-likeness (QED) is 0.849. The van der Waals surface area contributed by atoms with E-state index in [2.05, 4.69) is 4.90 Å².